The second kappa shape index (κ2) is 5.50. The smallest absolute Gasteiger partial charge is 0.241 e. The Labute approximate surface area is 118 Å². The van der Waals surface area contributed by atoms with E-state index in [-0.39, 0.29) is 11.9 Å². The van der Waals surface area contributed by atoms with Gasteiger partial charge in [0.15, 0.2) is 0 Å². The van der Waals surface area contributed by atoms with E-state index < -0.39 is 0 Å². The fraction of sp³-hybridized carbons (Fsp3) is 0.417. The molecule has 1 fully saturated rings. The molecule has 5 heteroatoms. The Kier molecular flexibility index (Phi) is 4.22. The van der Waals surface area contributed by atoms with E-state index in [2.05, 4.69) is 42.5 Å². The van der Waals surface area contributed by atoms with Crippen LogP contribution in [0.5, 0.6) is 0 Å². The molecule has 0 radical (unpaired) electrons. The van der Waals surface area contributed by atoms with E-state index in [4.69, 9.17) is 0 Å². The molecule has 1 aromatic carbocycles. The summed E-state index contributed by atoms with van der Waals surface area (Å²) in [6.07, 6.45) is 1.97. The Bertz CT molecular complexity index is 419. The number of hydrogen-bond donors (Lipinski definition) is 2. The van der Waals surface area contributed by atoms with E-state index in [9.17, 15) is 4.79 Å². The first-order valence-corrected chi connectivity index (χ1v) is 7.16. The van der Waals surface area contributed by atoms with Crippen molar-refractivity contribution in [3.05, 3.63) is 26.6 Å². The summed E-state index contributed by atoms with van der Waals surface area (Å²) in [6, 6.07) is 3.92. The Morgan fingerprint density at radius 3 is 2.59 bits per heavy atom. The molecule has 0 aliphatic carbocycles. The summed E-state index contributed by atoms with van der Waals surface area (Å²) in [4.78, 5) is 12.0. The van der Waals surface area contributed by atoms with Crippen LogP contribution in [0.25, 0.3) is 0 Å². The Morgan fingerprint density at radius 2 is 2.06 bits per heavy atom. The van der Waals surface area contributed by atoms with Crippen LogP contribution in [0.3, 0.4) is 0 Å². The number of benzene rings is 1. The van der Waals surface area contributed by atoms with Crippen molar-refractivity contribution in [2.45, 2.75) is 25.8 Å². The van der Waals surface area contributed by atoms with Gasteiger partial charge < -0.3 is 10.6 Å². The van der Waals surface area contributed by atoms with Gasteiger partial charge in [0.05, 0.1) is 11.7 Å². The molecule has 0 spiro atoms. The maximum absolute atomic E-state index is 12.0. The SMILES string of the molecule is Cc1cc(Br)c(NC(=O)[C@H]2CCCN2)c(Br)c1. The molecule has 92 valence electrons. The van der Waals surface area contributed by atoms with Gasteiger partial charge in [-0.3, -0.25) is 4.79 Å². The van der Waals surface area contributed by atoms with E-state index in [0.29, 0.717) is 0 Å². The molecular formula is C12H14Br2N2O. The molecule has 0 bridgehead atoms. The van der Waals surface area contributed by atoms with Crippen molar-refractivity contribution in [2.75, 3.05) is 11.9 Å². The predicted octanol–water partition coefficient (Wildman–Crippen LogP) is 3.21. The van der Waals surface area contributed by atoms with Crippen LogP contribution < -0.4 is 10.6 Å². The fourth-order valence-electron chi connectivity index (χ4n) is 1.94. The lowest BCUT2D eigenvalue weighted by molar-refractivity contribution is -0.117. The van der Waals surface area contributed by atoms with Crippen LogP contribution in [0, 0.1) is 6.92 Å². The molecule has 1 amide bonds. The summed E-state index contributed by atoms with van der Waals surface area (Å²) in [5.41, 5.74) is 1.94. The molecule has 17 heavy (non-hydrogen) atoms. The van der Waals surface area contributed by atoms with Crippen LogP contribution >= 0.6 is 31.9 Å². The van der Waals surface area contributed by atoms with Gasteiger partial charge in [-0.1, -0.05) is 0 Å². The second-order valence-corrected chi connectivity index (χ2v) is 5.95. The third-order valence-corrected chi connectivity index (χ3v) is 4.06. The largest absolute Gasteiger partial charge is 0.323 e. The number of carbonyl (C=O) groups is 1. The third kappa shape index (κ3) is 3.09. The molecule has 3 nitrogen and oxygen atoms in total. The van der Waals surface area contributed by atoms with E-state index in [1.807, 2.05) is 19.1 Å². The van der Waals surface area contributed by atoms with Gasteiger partial charge in [-0.25, -0.2) is 0 Å². The monoisotopic (exact) mass is 360 g/mol. The minimum absolute atomic E-state index is 0.0350. The molecule has 1 aromatic rings. The molecule has 1 aliphatic heterocycles. The topological polar surface area (TPSA) is 41.1 Å². The zero-order valence-electron chi connectivity index (χ0n) is 9.52. The van der Waals surface area contributed by atoms with Gasteiger partial charge >= 0.3 is 0 Å². The molecule has 0 unspecified atom stereocenters. The molecule has 1 atom stereocenters. The van der Waals surface area contributed by atoms with Gasteiger partial charge in [0.2, 0.25) is 5.91 Å². The van der Waals surface area contributed by atoms with Crippen molar-refractivity contribution in [2.24, 2.45) is 0 Å². The molecule has 2 N–H and O–H groups in total. The first kappa shape index (κ1) is 13.1. The van der Waals surface area contributed by atoms with Crippen LogP contribution in [-0.2, 0) is 4.79 Å². The number of anilines is 1. The van der Waals surface area contributed by atoms with E-state index in [1.165, 1.54) is 0 Å². The first-order valence-electron chi connectivity index (χ1n) is 5.58. The average molecular weight is 362 g/mol. The number of halogens is 2. The molecule has 1 saturated heterocycles. The highest BCUT2D eigenvalue weighted by molar-refractivity contribution is 9.11. The number of nitrogens with one attached hydrogen (secondary N) is 2. The number of carbonyl (C=O) groups excluding carboxylic acids is 1. The third-order valence-electron chi connectivity index (χ3n) is 2.81. The highest BCUT2D eigenvalue weighted by Gasteiger charge is 2.23. The quantitative estimate of drug-likeness (QED) is 0.849. The van der Waals surface area contributed by atoms with Gasteiger partial charge in [-0.15, -0.1) is 0 Å². The van der Waals surface area contributed by atoms with E-state index in [0.717, 1.165) is 39.6 Å². The highest BCUT2D eigenvalue weighted by atomic mass is 79.9. The summed E-state index contributed by atoms with van der Waals surface area (Å²) < 4.78 is 1.80. The lowest BCUT2D eigenvalue weighted by Crippen LogP contribution is -2.35. The fourth-order valence-corrected chi connectivity index (χ4v) is 3.55. The maximum atomic E-state index is 12.0. The molecule has 1 heterocycles. The van der Waals surface area contributed by atoms with Crippen LogP contribution in [0.4, 0.5) is 5.69 Å². The number of amides is 1. The van der Waals surface area contributed by atoms with Gasteiger partial charge in [0, 0.05) is 8.95 Å². The number of hydrogen-bond acceptors (Lipinski definition) is 2. The van der Waals surface area contributed by atoms with Crippen molar-refractivity contribution in [1.82, 2.24) is 5.32 Å². The molecule has 1 aliphatic rings. The van der Waals surface area contributed by atoms with Crippen molar-refractivity contribution in [1.29, 1.82) is 0 Å². The second-order valence-electron chi connectivity index (χ2n) is 4.24. The molecular weight excluding hydrogens is 348 g/mol. The summed E-state index contributed by atoms with van der Waals surface area (Å²) in [6.45, 7) is 2.94. The van der Waals surface area contributed by atoms with Crippen LogP contribution in [0.2, 0.25) is 0 Å². The highest BCUT2D eigenvalue weighted by Crippen LogP contribution is 2.32. The van der Waals surface area contributed by atoms with E-state index >= 15 is 0 Å². The molecule has 2 rings (SSSR count). The maximum Gasteiger partial charge on any atom is 0.241 e. The first-order chi connectivity index (χ1) is 8.08. The van der Waals surface area contributed by atoms with Crippen molar-refractivity contribution >= 4 is 43.5 Å². The molecule has 0 saturated carbocycles. The van der Waals surface area contributed by atoms with Crippen molar-refractivity contribution < 1.29 is 4.79 Å². The summed E-state index contributed by atoms with van der Waals surface area (Å²) in [7, 11) is 0. The van der Waals surface area contributed by atoms with Crippen molar-refractivity contribution in [3.63, 3.8) is 0 Å². The Balaban J connectivity index is 2.15. The summed E-state index contributed by atoms with van der Waals surface area (Å²) in [5, 5.41) is 6.14. The summed E-state index contributed by atoms with van der Waals surface area (Å²) in [5.74, 6) is 0.0350. The average Bonchev–Trinajstić information content (AvgIpc) is 2.76. The Morgan fingerprint density at radius 1 is 1.41 bits per heavy atom. The van der Waals surface area contributed by atoms with Crippen LogP contribution in [0.15, 0.2) is 21.1 Å². The number of aryl methyl sites for hydroxylation is 1. The van der Waals surface area contributed by atoms with Crippen LogP contribution in [-0.4, -0.2) is 18.5 Å². The van der Waals surface area contributed by atoms with Gasteiger partial charge in [-0.05, 0) is 75.9 Å². The minimum atomic E-state index is -0.0601. The molecule has 0 aromatic heterocycles. The lowest BCUT2D eigenvalue weighted by Gasteiger charge is -2.14. The zero-order chi connectivity index (χ0) is 12.4. The van der Waals surface area contributed by atoms with Crippen LogP contribution in [0.1, 0.15) is 18.4 Å². The minimum Gasteiger partial charge on any atom is -0.323 e. The van der Waals surface area contributed by atoms with Gasteiger partial charge in [0.25, 0.3) is 0 Å². The van der Waals surface area contributed by atoms with E-state index in [1.54, 1.807) is 0 Å². The standard InChI is InChI=1S/C12H14Br2N2O/c1-7-5-8(13)11(9(14)6-7)16-12(17)10-3-2-4-15-10/h5-6,10,15H,2-4H2,1H3,(H,16,17)/t10-/m1/s1. The summed E-state index contributed by atoms with van der Waals surface area (Å²) >= 11 is 6.94. The normalized spacial score (nSPS) is 19.4. The zero-order valence-corrected chi connectivity index (χ0v) is 12.7. The Hall–Kier alpha value is -0.390. The van der Waals surface area contributed by atoms with Gasteiger partial charge in [0.1, 0.15) is 0 Å². The van der Waals surface area contributed by atoms with Crippen molar-refractivity contribution in [3.8, 4) is 0 Å². The predicted molar refractivity (Wildman–Crippen MR) is 76.2 cm³/mol. The lowest BCUT2D eigenvalue weighted by atomic mass is 10.2. The van der Waals surface area contributed by atoms with Gasteiger partial charge in [-0.2, -0.15) is 0 Å². The number of rotatable bonds is 2.